The molecule has 0 radical (unpaired) electrons. The van der Waals surface area contributed by atoms with Crippen LogP contribution in [-0.2, 0) is 4.79 Å². The third kappa shape index (κ3) is 5.37. The van der Waals surface area contributed by atoms with Gasteiger partial charge in [-0.1, -0.05) is 56.3 Å². The van der Waals surface area contributed by atoms with E-state index in [1.165, 1.54) is 5.56 Å². The van der Waals surface area contributed by atoms with Crippen molar-refractivity contribution in [3.63, 3.8) is 0 Å². The van der Waals surface area contributed by atoms with E-state index in [1.807, 2.05) is 30.3 Å². The molecule has 0 unspecified atom stereocenters. The molecular formula is C24H33N3O2. The summed E-state index contributed by atoms with van der Waals surface area (Å²) in [5.74, 6) is 1.14. The van der Waals surface area contributed by atoms with Crippen molar-refractivity contribution >= 4 is 5.91 Å². The number of benzene rings is 2. The van der Waals surface area contributed by atoms with Crippen molar-refractivity contribution in [1.82, 2.24) is 15.5 Å². The van der Waals surface area contributed by atoms with Crippen LogP contribution in [0.2, 0.25) is 0 Å². The molecule has 1 saturated heterocycles. The van der Waals surface area contributed by atoms with Crippen LogP contribution in [0, 0.1) is 5.92 Å². The number of nitrogens with zero attached hydrogens (tertiary/aromatic N) is 1. The third-order valence-electron chi connectivity index (χ3n) is 5.77. The maximum Gasteiger partial charge on any atom is 0.234 e. The second-order valence-corrected chi connectivity index (χ2v) is 8.17. The smallest absolute Gasteiger partial charge is 0.234 e. The zero-order chi connectivity index (χ0) is 20.8. The SMILES string of the molecule is COc1ccc([C@H](NC(=O)CN[C@@H]2CCN(C)[C@@H]2c2ccccc2)C(C)C)cc1. The summed E-state index contributed by atoms with van der Waals surface area (Å²) < 4.78 is 5.24. The first kappa shape index (κ1) is 21.3. The van der Waals surface area contributed by atoms with E-state index in [0.29, 0.717) is 18.5 Å². The Morgan fingerprint density at radius 2 is 1.83 bits per heavy atom. The van der Waals surface area contributed by atoms with Gasteiger partial charge in [0.15, 0.2) is 0 Å². The zero-order valence-corrected chi connectivity index (χ0v) is 17.9. The predicted octanol–water partition coefficient (Wildman–Crippen LogP) is 3.54. The highest BCUT2D eigenvalue weighted by molar-refractivity contribution is 5.78. The number of likely N-dealkylation sites (tertiary alicyclic amines) is 1. The van der Waals surface area contributed by atoms with E-state index < -0.39 is 0 Å². The number of hydrogen-bond acceptors (Lipinski definition) is 4. The molecule has 2 N–H and O–H groups in total. The Morgan fingerprint density at radius 1 is 1.14 bits per heavy atom. The molecule has 0 spiro atoms. The highest BCUT2D eigenvalue weighted by atomic mass is 16.5. The van der Waals surface area contributed by atoms with Gasteiger partial charge >= 0.3 is 0 Å². The maximum absolute atomic E-state index is 12.7. The Kier molecular flexibility index (Phi) is 7.29. The number of carbonyl (C=O) groups is 1. The molecule has 0 aliphatic carbocycles. The van der Waals surface area contributed by atoms with Crippen LogP contribution in [0.5, 0.6) is 5.75 Å². The highest BCUT2D eigenvalue weighted by Crippen LogP contribution is 2.30. The minimum absolute atomic E-state index is 0.0219. The molecular weight excluding hydrogens is 362 g/mol. The van der Waals surface area contributed by atoms with Crippen LogP contribution in [0.3, 0.4) is 0 Å². The molecule has 1 aliphatic heterocycles. The summed E-state index contributed by atoms with van der Waals surface area (Å²) in [5, 5.41) is 6.70. The van der Waals surface area contributed by atoms with E-state index in [1.54, 1.807) is 7.11 Å². The molecule has 3 rings (SSSR count). The molecule has 5 heteroatoms. The lowest BCUT2D eigenvalue weighted by Crippen LogP contribution is -2.43. The number of likely N-dealkylation sites (N-methyl/N-ethyl adjacent to an activating group) is 1. The Hall–Kier alpha value is -2.37. The Balaban J connectivity index is 1.60. The monoisotopic (exact) mass is 395 g/mol. The summed E-state index contributed by atoms with van der Waals surface area (Å²) >= 11 is 0. The number of hydrogen-bond donors (Lipinski definition) is 2. The predicted molar refractivity (Wildman–Crippen MR) is 117 cm³/mol. The normalized spacial score (nSPS) is 20.6. The second kappa shape index (κ2) is 9.90. The van der Waals surface area contributed by atoms with Crippen molar-refractivity contribution in [2.45, 2.75) is 38.4 Å². The number of carbonyl (C=O) groups excluding carboxylic acids is 1. The number of methoxy groups -OCH3 is 1. The molecule has 0 aromatic heterocycles. The van der Waals surface area contributed by atoms with E-state index in [2.05, 4.69) is 60.7 Å². The van der Waals surface area contributed by atoms with Crippen LogP contribution >= 0.6 is 0 Å². The van der Waals surface area contributed by atoms with Gasteiger partial charge in [-0.25, -0.2) is 0 Å². The van der Waals surface area contributed by atoms with E-state index in [-0.39, 0.29) is 18.0 Å². The van der Waals surface area contributed by atoms with Crippen LogP contribution in [0.4, 0.5) is 0 Å². The van der Waals surface area contributed by atoms with E-state index in [9.17, 15) is 4.79 Å². The molecule has 1 heterocycles. The molecule has 2 aromatic rings. The number of amides is 1. The van der Waals surface area contributed by atoms with Gasteiger partial charge in [0.25, 0.3) is 0 Å². The van der Waals surface area contributed by atoms with Gasteiger partial charge in [-0.15, -0.1) is 0 Å². The van der Waals surface area contributed by atoms with E-state index in [4.69, 9.17) is 4.74 Å². The average molecular weight is 396 g/mol. The lowest BCUT2D eigenvalue weighted by Gasteiger charge is -2.27. The summed E-state index contributed by atoms with van der Waals surface area (Å²) in [4.78, 5) is 15.1. The van der Waals surface area contributed by atoms with Crippen molar-refractivity contribution in [3.8, 4) is 5.75 Å². The van der Waals surface area contributed by atoms with Gasteiger partial charge in [0.2, 0.25) is 5.91 Å². The molecule has 0 bridgehead atoms. The van der Waals surface area contributed by atoms with Gasteiger partial charge in [-0.05, 0) is 42.6 Å². The first-order valence-corrected chi connectivity index (χ1v) is 10.4. The Labute approximate surface area is 174 Å². The molecule has 156 valence electrons. The topological polar surface area (TPSA) is 53.6 Å². The molecule has 1 amide bonds. The number of rotatable bonds is 8. The molecule has 2 aromatic carbocycles. The van der Waals surface area contributed by atoms with Crippen LogP contribution in [-0.4, -0.2) is 44.1 Å². The molecule has 3 atom stereocenters. The van der Waals surface area contributed by atoms with E-state index in [0.717, 1.165) is 24.3 Å². The Morgan fingerprint density at radius 3 is 2.45 bits per heavy atom. The molecule has 1 aliphatic rings. The van der Waals surface area contributed by atoms with Crippen molar-refractivity contribution in [2.75, 3.05) is 27.2 Å². The van der Waals surface area contributed by atoms with Gasteiger partial charge in [0.05, 0.1) is 19.7 Å². The summed E-state index contributed by atoms with van der Waals surface area (Å²) in [6, 6.07) is 19.0. The van der Waals surface area contributed by atoms with Crippen LogP contribution in [0.25, 0.3) is 0 Å². The van der Waals surface area contributed by atoms with Gasteiger partial charge in [-0.2, -0.15) is 0 Å². The van der Waals surface area contributed by atoms with Crippen molar-refractivity contribution in [3.05, 3.63) is 65.7 Å². The van der Waals surface area contributed by atoms with Crippen molar-refractivity contribution < 1.29 is 9.53 Å². The minimum atomic E-state index is -0.0219. The fourth-order valence-corrected chi connectivity index (χ4v) is 4.19. The largest absolute Gasteiger partial charge is 0.497 e. The summed E-state index contributed by atoms with van der Waals surface area (Å²) in [6.45, 7) is 5.60. The zero-order valence-electron chi connectivity index (χ0n) is 17.9. The van der Waals surface area contributed by atoms with Crippen molar-refractivity contribution in [2.24, 2.45) is 5.92 Å². The fourth-order valence-electron chi connectivity index (χ4n) is 4.19. The van der Waals surface area contributed by atoms with Crippen LogP contribution < -0.4 is 15.4 Å². The van der Waals surface area contributed by atoms with Gasteiger partial charge in [0.1, 0.15) is 5.75 Å². The Bertz CT molecular complexity index is 776. The second-order valence-electron chi connectivity index (χ2n) is 8.17. The van der Waals surface area contributed by atoms with Gasteiger partial charge in [0, 0.05) is 18.6 Å². The summed E-state index contributed by atoms with van der Waals surface area (Å²) in [6.07, 6.45) is 1.04. The maximum atomic E-state index is 12.7. The standard InChI is InChI=1S/C24H33N3O2/c1-17(2)23(18-10-12-20(29-4)13-11-18)26-22(28)16-25-21-14-15-27(3)24(21)19-8-6-5-7-9-19/h5-13,17,21,23-25H,14-16H2,1-4H3,(H,26,28)/t21-,23-,24-/m1/s1. The first-order chi connectivity index (χ1) is 14.0. The first-order valence-electron chi connectivity index (χ1n) is 10.4. The molecule has 1 fully saturated rings. The van der Waals surface area contributed by atoms with Crippen LogP contribution in [0.1, 0.15) is 43.5 Å². The third-order valence-corrected chi connectivity index (χ3v) is 5.77. The fraction of sp³-hybridized carbons (Fsp3) is 0.458. The summed E-state index contributed by atoms with van der Waals surface area (Å²) in [7, 11) is 3.81. The van der Waals surface area contributed by atoms with Gasteiger partial charge in [-0.3, -0.25) is 9.69 Å². The quantitative estimate of drug-likeness (QED) is 0.718. The lowest BCUT2D eigenvalue weighted by molar-refractivity contribution is -0.121. The summed E-state index contributed by atoms with van der Waals surface area (Å²) in [5.41, 5.74) is 2.39. The molecule has 5 nitrogen and oxygen atoms in total. The number of nitrogens with one attached hydrogen (secondary N) is 2. The van der Waals surface area contributed by atoms with Crippen LogP contribution in [0.15, 0.2) is 54.6 Å². The van der Waals surface area contributed by atoms with E-state index >= 15 is 0 Å². The van der Waals surface area contributed by atoms with Crippen molar-refractivity contribution in [1.29, 1.82) is 0 Å². The average Bonchev–Trinajstić information content (AvgIpc) is 3.11. The minimum Gasteiger partial charge on any atom is -0.497 e. The highest BCUT2D eigenvalue weighted by Gasteiger charge is 2.33. The molecule has 29 heavy (non-hydrogen) atoms. The molecule has 0 saturated carbocycles. The lowest BCUT2D eigenvalue weighted by atomic mass is 9.96. The number of ether oxygens (including phenoxy) is 1. The van der Waals surface area contributed by atoms with Gasteiger partial charge < -0.3 is 15.4 Å².